The molecule has 0 atom stereocenters. The molecule has 3 aromatic carbocycles. The Bertz CT molecular complexity index is 1110. The summed E-state index contributed by atoms with van der Waals surface area (Å²) in [6.07, 6.45) is 0. The quantitative estimate of drug-likeness (QED) is 0.528. The molecule has 1 aromatic heterocycles. The van der Waals surface area contributed by atoms with Crippen LogP contribution in [-0.4, -0.2) is 9.55 Å². The van der Waals surface area contributed by atoms with Crippen molar-refractivity contribution in [1.82, 2.24) is 9.55 Å². The van der Waals surface area contributed by atoms with Crippen LogP contribution < -0.4 is 10.9 Å². The van der Waals surface area contributed by atoms with E-state index in [1.165, 1.54) is 6.07 Å². The first kappa shape index (κ1) is 17.1. The number of nitrogens with zero attached hydrogens (tertiary/aromatic N) is 2. The van der Waals surface area contributed by atoms with Crippen molar-refractivity contribution in [3.63, 3.8) is 0 Å². The zero-order chi connectivity index (χ0) is 18.6. The molecule has 0 spiro atoms. The van der Waals surface area contributed by atoms with Gasteiger partial charge in [0.15, 0.2) is 0 Å². The molecular weight excluding hydrogens is 358 g/mol. The van der Waals surface area contributed by atoms with Gasteiger partial charge in [-0.3, -0.25) is 9.36 Å². The van der Waals surface area contributed by atoms with Crippen molar-refractivity contribution in [3.8, 4) is 16.9 Å². The molecule has 0 bridgehead atoms. The van der Waals surface area contributed by atoms with E-state index in [1.54, 1.807) is 12.1 Å². The van der Waals surface area contributed by atoms with Gasteiger partial charge in [0.25, 0.3) is 5.56 Å². The first-order chi connectivity index (χ1) is 13.2. The Morgan fingerprint density at radius 1 is 0.815 bits per heavy atom. The van der Waals surface area contributed by atoms with E-state index in [-0.39, 0.29) is 5.56 Å². The molecular formula is C22H16ClN3O. The fourth-order valence-corrected chi connectivity index (χ4v) is 3.01. The van der Waals surface area contributed by atoms with E-state index in [9.17, 15) is 4.79 Å². The van der Waals surface area contributed by atoms with Gasteiger partial charge in [0.1, 0.15) is 0 Å². The van der Waals surface area contributed by atoms with Gasteiger partial charge >= 0.3 is 0 Å². The molecule has 1 N–H and O–H groups in total. The molecule has 0 aliphatic carbocycles. The molecule has 0 aliphatic heterocycles. The predicted octanol–water partition coefficient (Wildman–Crippen LogP) is 5.30. The summed E-state index contributed by atoms with van der Waals surface area (Å²) in [5, 5.41) is 3.90. The Morgan fingerprint density at radius 2 is 1.44 bits per heavy atom. The van der Waals surface area contributed by atoms with E-state index in [4.69, 9.17) is 11.6 Å². The van der Waals surface area contributed by atoms with Crippen molar-refractivity contribution < 1.29 is 0 Å². The van der Waals surface area contributed by atoms with Crippen LogP contribution in [-0.2, 0) is 0 Å². The van der Waals surface area contributed by atoms with Crippen LogP contribution in [0.5, 0.6) is 0 Å². The van der Waals surface area contributed by atoms with Gasteiger partial charge in [0, 0.05) is 22.5 Å². The van der Waals surface area contributed by atoms with E-state index >= 15 is 0 Å². The Morgan fingerprint density at radius 3 is 2.11 bits per heavy atom. The molecule has 0 fully saturated rings. The molecule has 4 nitrogen and oxygen atoms in total. The molecule has 27 heavy (non-hydrogen) atoms. The molecule has 132 valence electrons. The zero-order valence-electron chi connectivity index (χ0n) is 14.3. The molecule has 0 saturated heterocycles. The summed E-state index contributed by atoms with van der Waals surface area (Å²) in [5.41, 5.74) is 3.04. The average molecular weight is 374 g/mol. The number of rotatable bonds is 4. The number of hydrogen-bond acceptors (Lipinski definition) is 3. The van der Waals surface area contributed by atoms with Crippen LogP contribution in [0, 0.1) is 0 Å². The minimum Gasteiger partial charge on any atom is -0.325 e. The second-order valence-corrected chi connectivity index (χ2v) is 6.41. The fraction of sp³-hybridized carbons (Fsp3) is 0. The largest absolute Gasteiger partial charge is 0.325 e. The highest BCUT2D eigenvalue weighted by molar-refractivity contribution is 6.30. The number of anilines is 2. The maximum atomic E-state index is 12.3. The van der Waals surface area contributed by atoms with Crippen LogP contribution in [0.4, 0.5) is 11.6 Å². The Labute approximate surface area is 161 Å². The standard InChI is InChI=1S/C22H16ClN3O/c23-17-13-11-16(12-14-17)20-15-21(27)25-22(24-18-7-3-1-4-8-18)26(20)19-9-5-2-6-10-19/h1-15H,(H,24,25,27). The van der Waals surface area contributed by atoms with Crippen molar-refractivity contribution in [3.05, 3.63) is 106 Å². The number of nitrogens with one attached hydrogen (secondary N) is 1. The number of benzene rings is 3. The summed E-state index contributed by atoms with van der Waals surface area (Å²) >= 11 is 6.03. The number of halogens is 1. The molecule has 0 aliphatic rings. The van der Waals surface area contributed by atoms with Crippen LogP contribution in [0.1, 0.15) is 0 Å². The van der Waals surface area contributed by atoms with Crippen LogP contribution in [0.2, 0.25) is 5.02 Å². The summed E-state index contributed by atoms with van der Waals surface area (Å²) in [6.45, 7) is 0. The van der Waals surface area contributed by atoms with Gasteiger partial charge in [-0.05, 0) is 42.0 Å². The van der Waals surface area contributed by atoms with E-state index < -0.39 is 0 Å². The topological polar surface area (TPSA) is 46.9 Å². The summed E-state index contributed by atoms with van der Waals surface area (Å²) < 4.78 is 1.93. The summed E-state index contributed by atoms with van der Waals surface area (Å²) in [5.74, 6) is 0.449. The molecule has 5 heteroatoms. The van der Waals surface area contributed by atoms with Crippen LogP contribution in [0.15, 0.2) is 95.8 Å². The zero-order valence-corrected chi connectivity index (χ0v) is 15.1. The van der Waals surface area contributed by atoms with Crippen molar-refractivity contribution in [2.45, 2.75) is 0 Å². The lowest BCUT2D eigenvalue weighted by atomic mass is 10.1. The fourth-order valence-electron chi connectivity index (χ4n) is 2.89. The lowest BCUT2D eigenvalue weighted by molar-refractivity contribution is 0.983. The summed E-state index contributed by atoms with van der Waals surface area (Å²) in [6, 6.07) is 28.4. The lowest BCUT2D eigenvalue weighted by Crippen LogP contribution is -2.17. The van der Waals surface area contributed by atoms with Crippen LogP contribution >= 0.6 is 11.6 Å². The van der Waals surface area contributed by atoms with Gasteiger partial charge in [-0.25, -0.2) is 0 Å². The van der Waals surface area contributed by atoms with Gasteiger partial charge < -0.3 is 5.32 Å². The van der Waals surface area contributed by atoms with Gasteiger partial charge in [-0.15, -0.1) is 0 Å². The molecule has 0 radical (unpaired) electrons. The molecule has 4 rings (SSSR count). The maximum absolute atomic E-state index is 12.3. The highest BCUT2D eigenvalue weighted by Gasteiger charge is 2.13. The van der Waals surface area contributed by atoms with E-state index in [0.29, 0.717) is 11.0 Å². The first-order valence-electron chi connectivity index (χ1n) is 8.48. The van der Waals surface area contributed by atoms with Gasteiger partial charge in [-0.2, -0.15) is 4.98 Å². The third kappa shape index (κ3) is 3.76. The average Bonchev–Trinajstić information content (AvgIpc) is 2.69. The minimum absolute atomic E-state index is 0.314. The van der Waals surface area contributed by atoms with E-state index in [1.807, 2.05) is 77.4 Å². The number of aromatic nitrogens is 2. The second-order valence-electron chi connectivity index (χ2n) is 5.97. The summed E-state index contributed by atoms with van der Waals surface area (Å²) in [4.78, 5) is 16.6. The van der Waals surface area contributed by atoms with Gasteiger partial charge in [0.2, 0.25) is 5.95 Å². The van der Waals surface area contributed by atoms with E-state index in [2.05, 4.69) is 10.3 Å². The van der Waals surface area contributed by atoms with Crippen molar-refractivity contribution >= 4 is 23.2 Å². The van der Waals surface area contributed by atoms with Gasteiger partial charge in [0.05, 0.1) is 5.69 Å². The van der Waals surface area contributed by atoms with Crippen molar-refractivity contribution in [1.29, 1.82) is 0 Å². The maximum Gasteiger partial charge on any atom is 0.275 e. The third-order valence-corrected chi connectivity index (χ3v) is 4.37. The molecule has 0 amide bonds. The lowest BCUT2D eigenvalue weighted by Gasteiger charge is -2.19. The highest BCUT2D eigenvalue weighted by Crippen LogP contribution is 2.27. The third-order valence-electron chi connectivity index (χ3n) is 4.11. The smallest absolute Gasteiger partial charge is 0.275 e. The minimum atomic E-state index is -0.314. The Kier molecular flexibility index (Phi) is 4.73. The van der Waals surface area contributed by atoms with E-state index in [0.717, 1.165) is 22.6 Å². The first-order valence-corrected chi connectivity index (χ1v) is 8.86. The SMILES string of the molecule is O=c1cc(-c2ccc(Cl)cc2)n(-c2ccccc2)c(Nc2ccccc2)n1. The van der Waals surface area contributed by atoms with Crippen molar-refractivity contribution in [2.24, 2.45) is 0 Å². The van der Waals surface area contributed by atoms with Crippen LogP contribution in [0.25, 0.3) is 16.9 Å². The highest BCUT2D eigenvalue weighted by atomic mass is 35.5. The van der Waals surface area contributed by atoms with Crippen molar-refractivity contribution in [2.75, 3.05) is 5.32 Å². The predicted molar refractivity (Wildman–Crippen MR) is 110 cm³/mol. The second kappa shape index (κ2) is 7.48. The molecule has 4 aromatic rings. The monoisotopic (exact) mass is 373 g/mol. The number of para-hydroxylation sites is 2. The molecule has 1 heterocycles. The Balaban J connectivity index is 1.95. The van der Waals surface area contributed by atoms with Gasteiger partial charge in [-0.1, -0.05) is 60.1 Å². The van der Waals surface area contributed by atoms with Crippen LogP contribution in [0.3, 0.4) is 0 Å². The molecule has 0 unspecified atom stereocenters. The Hall–Kier alpha value is -3.37. The summed E-state index contributed by atoms with van der Waals surface area (Å²) in [7, 11) is 0. The normalized spacial score (nSPS) is 10.6. The molecule has 0 saturated carbocycles. The number of hydrogen-bond donors (Lipinski definition) is 1.